The Balaban J connectivity index is 1.64. The van der Waals surface area contributed by atoms with Crippen LogP contribution in [0.5, 0.6) is 0 Å². The largest absolute Gasteiger partial charge is 0.462 e. The SMILES string of the molecule is [2H][C@@]1(OC(C)=O)CC2[C@]3(CCC4C(C)(C)CC[C@H](OC(C)=O)[C@]42C)C[C@@]1(C)[C@H]1O[C@H]13. The molecule has 29 heavy (non-hydrogen) atoms. The molecule has 0 aromatic heterocycles. The lowest BCUT2D eigenvalue weighted by molar-refractivity contribution is -0.241. The van der Waals surface area contributed by atoms with Crippen molar-refractivity contribution in [3.8, 4) is 0 Å². The Labute approximate surface area is 175 Å². The van der Waals surface area contributed by atoms with E-state index in [4.69, 9.17) is 14.2 Å². The molecule has 5 nitrogen and oxygen atoms in total. The number of fused-ring (bicyclic) bond motifs is 5. The van der Waals surface area contributed by atoms with Crippen molar-refractivity contribution in [1.29, 1.82) is 0 Å². The highest BCUT2D eigenvalue weighted by molar-refractivity contribution is 5.66. The number of esters is 2. The van der Waals surface area contributed by atoms with Crippen molar-refractivity contribution < 1.29 is 25.2 Å². The predicted octanol–water partition coefficient (Wildman–Crippen LogP) is 4.27. The van der Waals surface area contributed by atoms with Crippen LogP contribution in [-0.2, 0) is 23.8 Å². The Kier molecular flexibility index (Phi) is 3.71. The van der Waals surface area contributed by atoms with Crippen LogP contribution in [0.4, 0.5) is 0 Å². The van der Waals surface area contributed by atoms with Crippen molar-refractivity contribution in [3.05, 3.63) is 0 Å². The Bertz CT molecular complexity index is 811. The zero-order valence-electron chi connectivity index (χ0n) is 19.7. The summed E-state index contributed by atoms with van der Waals surface area (Å²) in [5.41, 5.74) is -0.617. The molecule has 1 spiro atoms. The summed E-state index contributed by atoms with van der Waals surface area (Å²) >= 11 is 0. The minimum absolute atomic E-state index is 0.0109. The first-order valence-electron chi connectivity index (χ1n) is 11.8. The molecule has 162 valence electrons. The quantitative estimate of drug-likeness (QED) is 0.507. The van der Waals surface area contributed by atoms with Gasteiger partial charge in [-0.15, -0.1) is 0 Å². The van der Waals surface area contributed by atoms with Crippen LogP contribution in [-0.4, -0.2) is 36.3 Å². The fourth-order valence-electron chi connectivity index (χ4n) is 8.72. The Morgan fingerprint density at radius 2 is 1.66 bits per heavy atom. The number of carbonyl (C=O) groups excluding carboxylic acids is 2. The van der Waals surface area contributed by atoms with E-state index in [1.165, 1.54) is 13.8 Å². The van der Waals surface area contributed by atoms with Crippen LogP contribution < -0.4 is 0 Å². The highest BCUT2D eigenvalue weighted by Gasteiger charge is 2.80. The summed E-state index contributed by atoms with van der Waals surface area (Å²) in [4.78, 5) is 24.1. The molecule has 4 aliphatic carbocycles. The minimum Gasteiger partial charge on any atom is -0.462 e. The molecule has 0 aromatic rings. The lowest BCUT2D eigenvalue weighted by Crippen LogP contribution is -2.65. The van der Waals surface area contributed by atoms with E-state index in [0.717, 1.165) is 32.1 Å². The van der Waals surface area contributed by atoms with E-state index in [9.17, 15) is 11.0 Å². The molecular formula is C24H36O5. The van der Waals surface area contributed by atoms with Gasteiger partial charge in [0, 0.05) is 30.1 Å². The molecule has 0 aromatic carbocycles. The van der Waals surface area contributed by atoms with Gasteiger partial charge in [0.1, 0.15) is 12.2 Å². The van der Waals surface area contributed by atoms with Gasteiger partial charge in [0.2, 0.25) is 0 Å². The second kappa shape index (κ2) is 5.77. The Hall–Kier alpha value is -1.10. The molecule has 5 heteroatoms. The van der Waals surface area contributed by atoms with E-state index in [0.29, 0.717) is 12.3 Å². The molecule has 0 N–H and O–H groups in total. The fraction of sp³-hybridized carbons (Fsp3) is 0.917. The van der Waals surface area contributed by atoms with E-state index in [-0.39, 0.29) is 46.4 Å². The predicted molar refractivity (Wildman–Crippen MR) is 107 cm³/mol. The molecule has 4 saturated carbocycles. The van der Waals surface area contributed by atoms with Crippen LogP contribution in [0.15, 0.2) is 0 Å². The molecule has 5 fully saturated rings. The fourth-order valence-corrected chi connectivity index (χ4v) is 8.72. The van der Waals surface area contributed by atoms with Gasteiger partial charge < -0.3 is 14.2 Å². The van der Waals surface area contributed by atoms with Gasteiger partial charge in [-0.3, -0.25) is 9.59 Å². The van der Waals surface area contributed by atoms with Gasteiger partial charge in [0.05, 0.1) is 13.6 Å². The van der Waals surface area contributed by atoms with Crippen molar-refractivity contribution in [3.63, 3.8) is 0 Å². The van der Waals surface area contributed by atoms with Crippen molar-refractivity contribution in [2.75, 3.05) is 0 Å². The summed E-state index contributed by atoms with van der Waals surface area (Å²) in [6, 6.07) is 0. The third-order valence-electron chi connectivity index (χ3n) is 9.77. The van der Waals surface area contributed by atoms with Crippen LogP contribution >= 0.6 is 0 Å². The summed E-state index contributed by atoms with van der Waals surface area (Å²) in [6.07, 6.45) is 4.05. The highest BCUT2D eigenvalue weighted by atomic mass is 16.6. The summed E-state index contributed by atoms with van der Waals surface area (Å²) in [6.45, 7) is 12.0. The van der Waals surface area contributed by atoms with E-state index >= 15 is 0 Å². The maximum atomic E-state index is 12.1. The van der Waals surface area contributed by atoms with Crippen LogP contribution in [0.3, 0.4) is 0 Å². The molecular weight excluding hydrogens is 368 g/mol. The zero-order valence-corrected chi connectivity index (χ0v) is 18.7. The summed E-state index contributed by atoms with van der Waals surface area (Å²) in [5.74, 6) is -0.123. The average molecular weight is 406 g/mol. The summed E-state index contributed by atoms with van der Waals surface area (Å²) < 4.78 is 27.4. The number of hydrogen-bond donors (Lipinski definition) is 0. The zero-order chi connectivity index (χ0) is 21.9. The molecule has 1 heterocycles. The maximum Gasteiger partial charge on any atom is 0.302 e. The van der Waals surface area contributed by atoms with Crippen molar-refractivity contribution in [2.45, 2.75) is 104 Å². The van der Waals surface area contributed by atoms with Crippen LogP contribution in [0.1, 0.15) is 81.4 Å². The lowest BCUT2D eigenvalue weighted by Gasteiger charge is -2.67. The second-order valence-corrected chi connectivity index (χ2v) is 11.7. The monoisotopic (exact) mass is 405 g/mol. The first-order chi connectivity index (χ1) is 13.8. The van der Waals surface area contributed by atoms with Crippen molar-refractivity contribution >= 4 is 11.9 Å². The summed E-state index contributed by atoms with van der Waals surface area (Å²) in [5, 5.41) is 0. The number of rotatable bonds is 2. The van der Waals surface area contributed by atoms with Gasteiger partial charge in [-0.2, -0.15) is 0 Å². The van der Waals surface area contributed by atoms with Gasteiger partial charge in [0.25, 0.3) is 0 Å². The van der Waals surface area contributed by atoms with E-state index in [1.807, 2.05) is 0 Å². The van der Waals surface area contributed by atoms with Crippen LogP contribution in [0.25, 0.3) is 0 Å². The highest BCUT2D eigenvalue weighted by Crippen LogP contribution is 2.78. The number of hydrogen-bond acceptors (Lipinski definition) is 5. The Morgan fingerprint density at radius 1 is 0.966 bits per heavy atom. The first kappa shape index (κ1) is 18.7. The average Bonchev–Trinajstić information content (AvgIpc) is 3.37. The summed E-state index contributed by atoms with van der Waals surface area (Å²) in [7, 11) is 0. The standard InChI is InChI=1S/C24H36O5/c1-13(25)27-17-8-9-21(3,4)15-7-10-24-12-22(5,19-20(24)29-19)18(28-14(2)26)11-16(24)23(15,17)6/h15-20H,7-12H2,1-6H3/t15?,16?,17-,18+,19-,20+,22+,23+,24-/m0/s1/i18D. The molecule has 9 atom stereocenters. The van der Waals surface area contributed by atoms with Crippen molar-refractivity contribution in [1.82, 2.24) is 0 Å². The van der Waals surface area contributed by atoms with Gasteiger partial charge >= 0.3 is 11.9 Å². The van der Waals surface area contributed by atoms with Gasteiger partial charge in [-0.25, -0.2) is 0 Å². The lowest BCUT2D eigenvalue weighted by atomic mass is 9.39. The van der Waals surface area contributed by atoms with Gasteiger partial charge in [0.15, 0.2) is 0 Å². The van der Waals surface area contributed by atoms with Gasteiger partial charge in [-0.05, 0) is 55.8 Å². The number of carbonyl (C=O) groups is 2. The van der Waals surface area contributed by atoms with E-state index in [2.05, 4.69) is 27.7 Å². The third-order valence-corrected chi connectivity index (χ3v) is 9.77. The van der Waals surface area contributed by atoms with Gasteiger partial charge in [-0.1, -0.05) is 27.7 Å². The first-order valence-corrected chi connectivity index (χ1v) is 11.3. The molecule has 1 aliphatic heterocycles. The molecule has 2 unspecified atom stereocenters. The van der Waals surface area contributed by atoms with Crippen LogP contribution in [0, 0.1) is 33.5 Å². The topological polar surface area (TPSA) is 65.1 Å². The van der Waals surface area contributed by atoms with Crippen LogP contribution in [0.2, 0.25) is 0 Å². The smallest absolute Gasteiger partial charge is 0.302 e. The third kappa shape index (κ3) is 2.43. The van der Waals surface area contributed by atoms with Crippen molar-refractivity contribution in [2.24, 2.45) is 33.5 Å². The number of ether oxygens (including phenoxy) is 3. The van der Waals surface area contributed by atoms with E-state index in [1.54, 1.807) is 0 Å². The molecule has 1 saturated heterocycles. The maximum absolute atomic E-state index is 12.1. The second-order valence-electron chi connectivity index (χ2n) is 11.7. The normalized spacial score (nSPS) is 56.9. The molecule has 0 radical (unpaired) electrons. The van der Waals surface area contributed by atoms with E-state index < -0.39 is 17.5 Å². The Morgan fingerprint density at radius 3 is 2.31 bits per heavy atom. The molecule has 5 aliphatic rings. The molecule has 2 bridgehead atoms. The number of epoxide rings is 1. The molecule has 0 amide bonds. The molecule has 5 rings (SSSR count). The minimum atomic E-state index is -1.31.